The Kier molecular flexibility index (Phi) is 4.12. The Hall–Kier alpha value is -1.55. The molecule has 1 unspecified atom stereocenters. The van der Waals surface area contributed by atoms with Crippen molar-refractivity contribution in [2.45, 2.75) is 33.2 Å². The molecule has 0 fully saturated rings. The van der Waals surface area contributed by atoms with E-state index in [1.165, 1.54) is 6.07 Å². The molecule has 0 aliphatic heterocycles. The van der Waals surface area contributed by atoms with Gasteiger partial charge in [0.1, 0.15) is 5.75 Å². The predicted octanol–water partition coefficient (Wildman–Crippen LogP) is 2.09. The fourth-order valence-corrected chi connectivity index (χ4v) is 1.29. The molecule has 0 aliphatic rings. The molecule has 1 atom stereocenters. The van der Waals surface area contributed by atoms with Gasteiger partial charge in [-0.25, -0.2) is 0 Å². The average molecular weight is 236 g/mol. The van der Waals surface area contributed by atoms with Crippen LogP contribution < -0.4 is 11.1 Å². The first kappa shape index (κ1) is 13.5. The van der Waals surface area contributed by atoms with Crippen molar-refractivity contribution < 1.29 is 9.90 Å². The van der Waals surface area contributed by atoms with Crippen LogP contribution in [0.1, 0.15) is 27.2 Å². The number of phenolic OH excluding ortho intramolecular Hbond substituents is 1. The van der Waals surface area contributed by atoms with Gasteiger partial charge >= 0.3 is 0 Å². The number of hydrogen-bond acceptors (Lipinski definition) is 3. The van der Waals surface area contributed by atoms with E-state index in [-0.39, 0.29) is 29.5 Å². The second-order valence-corrected chi connectivity index (χ2v) is 5.24. The molecular weight excluding hydrogens is 216 g/mol. The van der Waals surface area contributed by atoms with E-state index in [2.05, 4.69) is 5.32 Å². The highest BCUT2D eigenvalue weighted by Gasteiger charge is 2.23. The third-order valence-corrected chi connectivity index (χ3v) is 2.70. The molecule has 94 valence electrons. The molecule has 0 bridgehead atoms. The summed E-state index contributed by atoms with van der Waals surface area (Å²) >= 11 is 0. The van der Waals surface area contributed by atoms with Crippen molar-refractivity contribution in [1.29, 1.82) is 0 Å². The summed E-state index contributed by atoms with van der Waals surface area (Å²) < 4.78 is 0. The number of phenols is 1. The van der Waals surface area contributed by atoms with Gasteiger partial charge in [0.25, 0.3) is 0 Å². The van der Waals surface area contributed by atoms with Gasteiger partial charge in [-0.1, -0.05) is 32.9 Å². The first-order chi connectivity index (χ1) is 7.80. The minimum absolute atomic E-state index is 0.0604. The van der Waals surface area contributed by atoms with Crippen LogP contribution in [0.2, 0.25) is 0 Å². The molecule has 4 N–H and O–H groups in total. The van der Waals surface area contributed by atoms with Gasteiger partial charge in [-0.15, -0.1) is 0 Å². The second-order valence-electron chi connectivity index (χ2n) is 5.24. The average Bonchev–Trinajstić information content (AvgIpc) is 2.20. The number of anilines is 1. The monoisotopic (exact) mass is 236 g/mol. The van der Waals surface area contributed by atoms with Crippen molar-refractivity contribution in [1.82, 2.24) is 0 Å². The maximum absolute atomic E-state index is 11.7. The third-order valence-electron chi connectivity index (χ3n) is 2.70. The molecule has 17 heavy (non-hydrogen) atoms. The Morgan fingerprint density at radius 2 is 2.00 bits per heavy atom. The van der Waals surface area contributed by atoms with E-state index in [4.69, 9.17) is 5.73 Å². The molecule has 1 aromatic rings. The molecule has 0 heterocycles. The minimum atomic E-state index is -0.214. The molecule has 1 aromatic carbocycles. The molecule has 0 saturated carbocycles. The quantitative estimate of drug-likeness (QED) is 0.703. The minimum Gasteiger partial charge on any atom is -0.506 e. The van der Waals surface area contributed by atoms with Crippen LogP contribution in [0.15, 0.2) is 24.3 Å². The van der Waals surface area contributed by atoms with Crippen molar-refractivity contribution in [3.8, 4) is 5.75 Å². The lowest BCUT2D eigenvalue weighted by Crippen LogP contribution is -2.38. The number of hydrogen-bond donors (Lipinski definition) is 3. The Bertz CT molecular complexity index is 397. The van der Waals surface area contributed by atoms with E-state index < -0.39 is 0 Å². The van der Waals surface area contributed by atoms with Crippen LogP contribution in [0.5, 0.6) is 5.75 Å². The first-order valence-electron chi connectivity index (χ1n) is 5.64. The molecule has 0 radical (unpaired) electrons. The van der Waals surface area contributed by atoms with Gasteiger partial charge in [0.15, 0.2) is 0 Å². The molecule has 1 rings (SSSR count). The summed E-state index contributed by atoms with van der Waals surface area (Å²) in [5, 5.41) is 12.2. The van der Waals surface area contributed by atoms with Gasteiger partial charge in [-0.05, 0) is 17.5 Å². The summed E-state index contributed by atoms with van der Waals surface area (Å²) in [6, 6.07) is 6.41. The standard InChI is InChI=1S/C13H20N2O2/c1-13(2,3)11(14)8-12(17)15-9-6-4-5-7-10(9)16/h4-7,11,16H,8,14H2,1-3H3,(H,15,17). The van der Waals surface area contributed by atoms with E-state index in [9.17, 15) is 9.90 Å². The smallest absolute Gasteiger partial charge is 0.226 e. The first-order valence-corrected chi connectivity index (χ1v) is 5.64. The van der Waals surface area contributed by atoms with E-state index in [0.29, 0.717) is 5.69 Å². The van der Waals surface area contributed by atoms with Crippen LogP contribution in [0.3, 0.4) is 0 Å². The summed E-state index contributed by atoms with van der Waals surface area (Å²) in [6.07, 6.45) is 0.234. The summed E-state index contributed by atoms with van der Waals surface area (Å²) in [5.41, 5.74) is 6.22. The second kappa shape index (κ2) is 5.19. The van der Waals surface area contributed by atoms with Crippen LogP contribution in [-0.2, 0) is 4.79 Å². The zero-order valence-electron chi connectivity index (χ0n) is 10.5. The SMILES string of the molecule is CC(C)(C)C(N)CC(=O)Nc1ccccc1O. The fraction of sp³-hybridized carbons (Fsp3) is 0.462. The van der Waals surface area contributed by atoms with Gasteiger partial charge in [0.05, 0.1) is 5.69 Å². The number of nitrogens with two attached hydrogens (primary N) is 1. The Labute approximate surface area is 102 Å². The Balaban J connectivity index is 2.60. The van der Waals surface area contributed by atoms with Crippen LogP contribution in [-0.4, -0.2) is 17.1 Å². The van der Waals surface area contributed by atoms with Crippen molar-refractivity contribution >= 4 is 11.6 Å². The van der Waals surface area contributed by atoms with Gasteiger partial charge < -0.3 is 16.2 Å². The molecule has 0 aromatic heterocycles. The lowest BCUT2D eigenvalue weighted by atomic mass is 9.85. The van der Waals surface area contributed by atoms with Crippen LogP contribution in [0, 0.1) is 5.41 Å². The fourth-order valence-electron chi connectivity index (χ4n) is 1.29. The van der Waals surface area contributed by atoms with E-state index in [1.54, 1.807) is 18.2 Å². The van der Waals surface area contributed by atoms with Crippen molar-refractivity contribution in [2.75, 3.05) is 5.32 Å². The number of carbonyl (C=O) groups is 1. The predicted molar refractivity (Wildman–Crippen MR) is 68.8 cm³/mol. The summed E-state index contributed by atoms with van der Waals surface area (Å²) in [4.78, 5) is 11.7. The Morgan fingerprint density at radius 1 is 1.41 bits per heavy atom. The molecule has 1 amide bonds. The highest BCUT2D eigenvalue weighted by Crippen LogP contribution is 2.23. The molecule has 0 saturated heterocycles. The van der Waals surface area contributed by atoms with Crippen LogP contribution in [0.25, 0.3) is 0 Å². The summed E-state index contributed by atoms with van der Waals surface area (Å²) in [7, 11) is 0. The van der Waals surface area contributed by atoms with Gasteiger partial charge in [0, 0.05) is 12.5 Å². The highest BCUT2D eigenvalue weighted by molar-refractivity contribution is 5.92. The number of nitrogens with one attached hydrogen (secondary N) is 1. The lowest BCUT2D eigenvalue weighted by Gasteiger charge is -2.26. The zero-order valence-corrected chi connectivity index (χ0v) is 10.5. The zero-order chi connectivity index (χ0) is 13.1. The third kappa shape index (κ3) is 4.07. The molecule has 0 aliphatic carbocycles. The van der Waals surface area contributed by atoms with Crippen molar-refractivity contribution in [3.63, 3.8) is 0 Å². The molecule has 4 heteroatoms. The normalized spacial score (nSPS) is 13.2. The molecular formula is C13H20N2O2. The van der Waals surface area contributed by atoms with Crippen molar-refractivity contribution in [3.05, 3.63) is 24.3 Å². The van der Waals surface area contributed by atoms with Gasteiger partial charge in [-0.2, -0.15) is 0 Å². The van der Waals surface area contributed by atoms with E-state index in [0.717, 1.165) is 0 Å². The number of benzene rings is 1. The topological polar surface area (TPSA) is 75.4 Å². The largest absolute Gasteiger partial charge is 0.506 e. The number of carbonyl (C=O) groups excluding carboxylic acids is 1. The molecule has 0 spiro atoms. The maximum atomic E-state index is 11.7. The molecule has 4 nitrogen and oxygen atoms in total. The summed E-state index contributed by atoms with van der Waals surface area (Å²) in [5.74, 6) is -0.126. The van der Waals surface area contributed by atoms with Gasteiger partial charge in [-0.3, -0.25) is 4.79 Å². The lowest BCUT2D eigenvalue weighted by molar-refractivity contribution is -0.117. The highest BCUT2D eigenvalue weighted by atomic mass is 16.3. The van der Waals surface area contributed by atoms with E-state index in [1.807, 2.05) is 20.8 Å². The number of amides is 1. The summed E-state index contributed by atoms with van der Waals surface area (Å²) in [6.45, 7) is 5.97. The number of aromatic hydroxyl groups is 1. The van der Waals surface area contributed by atoms with E-state index >= 15 is 0 Å². The van der Waals surface area contributed by atoms with Gasteiger partial charge in [0.2, 0.25) is 5.91 Å². The maximum Gasteiger partial charge on any atom is 0.226 e. The number of para-hydroxylation sites is 2. The van der Waals surface area contributed by atoms with Crippen LogP contribution in [0.4, 0.5) is 5.69 Å². The Morgan fingerprint density at radius 3 is 2.53 bits per heavy atom. The number of rotatable bonds is 3. The van der Waals surface area contributed by atoms with Crippen LogP contribution >= 0.6 is 0 Å². The van der Waals surface area contributed by atoms with Crippen molar-refractivity contribution in [2.24, 2.45) is 11.1 Å².